The number of nitrogens with zero attached hydrogens (tertiary/aromatic N) is 2. The lowest BCUT2D eigenvalue weighted by Crippen LogP contribution is -2.14. The van der Waals surface area contributed by atoms with Crippen LogP contribution in [0.3, 0.4) is 0 Å². The van der Waals surface area contributed by atoms with Gasteiger partial charge in [-0.05, 0) is 29.8 Å². The molecule has 0 amide bonds. The number of hydrogen-bond acceptors (Lipinski definition) is 8. The molecule has 2 aromatic carbocycles. The fourth-order valence-corrected chi connectivity index (χ4v) is 2.96. The summed E-state index contributed by atoms with van der Waals surface area (Å²) in [7, 11) is 7.81. The van der Waals surface area contributed by atoms with Crippen LogP contribution in [0.4, 0.5) is 0 Å². The third kappa shape index (κ3) is 3.90. The summed E-state index contributed by atoms with van der Waals surface area (Å²) in [5.74, 6) is 3.69. The van der Waals surface area contributed by atoms with Crippen LogP contribution in [0.15, 0.2) is 30.3 Å². The number of H-pyrrole nitrogens is 1. The van der Waals surface area contributed by atoms with Crippen LogP contribution in [-0.2, 0) is 0 Å². The van der Waals surface area contributed by atoms with E-state index in [-0.39, 0.29) is 0 Å². The van der Waals surface area contributed by atoms with Crippen LogP contribution >= 0.6 is 0 Å². The van der Waals surface area contributed by atoms with Gasteiger partial charge in [-0.2, -0.15) is 5.10 Å². The van der Waals surface area contributed by atoms with E-state index in [0.29, 0.717) is 46.0 Å². The Hall–Kier alpha value is -3.46. The zero-order chi connectivity index (χ0) is 21.0. The number of benzene rings is 2. The molecule has 1 aromatic heterocycles. The maximum Gasteiger partial charge on any atom is 0.203 e. The van der Waals surface area contributed by atoms with Crippen molar-refractivity contribution in [1.82, 2.24) is 15.2 Å². The summed E-state index contributed by atoms with van der Waals surface area (Å²) >= 11 is 0. The lowest BCUT2D eigenvalue weighted by atomic mass is 10.1. The van der Waals surface area contributed by atoms with Crippen LogP contribution in [-0.4, -0.2) is 50.7 Å². The normalized spacial score (nSPS) is 11.7. The number of aromatic nitrogens is 3. The number of aromatic amines is 1. The minimum atomic E-state index is -0.530. The molecule has 3 rings (SSSR count). The molecule has 0 spiro atoms. The summed E-state index contributed by atoms with van der Waals surface area (Å²) < 4.78 is 26.7. The molecule has 0 saturated carbocycles. The van der Waals surface area contributed by atoms with E-state index in [4.69, 9.17) is 29.4 Å². The highest BCUT2D eigenvalue weighted by molar-refractivity contribution is 5.66. The summed E-state index contributed by atoms with van der Waals surface area (Å²) in [6, 6.07) is 8.48. The molecular weight excluding hydrogens is 376 g/mol. The molecule has 0 bridgehead atoms. The van der Waals surface area contributed by atoms with E-state index in [9.17, 15) is 0 Å². The fraction of sp³-hybridized carbons (Fsp3) is 0.300. The molecule has 1 unspecified atom stereocenters. The number of methoxy groups -OCH3 is 5. The molecule has 29 heavy (non-hydrogen) atoms. The fourth-order valence-electron chi connectivity index (χ4n) is 2.96. The van der Waals surface area contributed by atoms with E-state index >= 15 is 0 Å². The number of hydrogen-bond donors (Lipinski definition) is 2. The number of nitrogens with two attached hydrogens (primary N) is 1. The molecule has 0 aliphatic carbocycles. The Labute approximate surface area is 168 Å². The molecule has 1 atom stereocenters. The second-order valence-corrected chi connectivity index (χ2v) is 6.05. The predicted molar refractivity (Wildman–Crippen MR) is 107 cm³/mol. The van der Waals surface area contributed by atoms with E-state index in [1.165, 1.54) is 0 Å². The molecule has 9 heteroatoms. The van der Waals surface area contributed by atoms with Gasteiger partial charge in [0, 0.05) is 5.56 Å². The summed E-state index contributed by atoms with van der Waals surface area (Å²) in [5, 5.41) is 7.19. The first-order chi connectivity index (χ1) is 14.1. The number of nitrogens with one attached hydrogen (secondary N) is 1. The summed E-state index contributed by atoms with van der Waals surface area (Å²) in [6.07, 6.45) is 0. The molecule has 0 fully saturated rings. The maximum absolute atomic E-state index is 6.38. The van der Waals surface area contributed by atoms with Crippen molar-refractivity contribution in [3.05, 3.63) is 41.7 Å². The average molecular weight is 400 g/mol. The van der Waals surface area contributed by atoms with Crippen LogP contribution in [0, 0.1) is 0 Å². The third-order valence-electron chi connectivity index (χ3n) is 4.49. The van der Waals surface area contributed by atoms with E-state index in [1.54, 1.807) is 53.7 Å². The second-order valence-electron chi connectivity index (χ2n) is 6.05. The molecule has 0 radical (unpaired) electrons. The third-order valence-corrected chi connectivity index (χ3v) is 4.49. The molecule has 0 aliphatic rings. The van der Waals surface area contributed by atoms with Crippen molar-refractivity contribution in [3.63, 3.8) is 0 Å². The van der Waals surface area contributed by atoms with Crippen molar-refractivity contribution in [3.8, 4) is 40.1 Å². The van der Waals surface area contributed by atoms with Crippen LogP contribution in [0.1, 0.15) is 17.4 Å². The van der Waals surface area contributed by atoms with Gasteiger partial charge < -0.3 is 29.4 Å². The van der Waals surface area contributed by atoms with Crippen LogP contribution in [0.25, 0.3) is 11.4 Å². The van der Waals surface area contributed by atoms with Gasteiger partial charge in [0.25, 0.3) is 0 Å². The zero-order valence-corrected chi connectivity index (χ0v) is 17.0. The van der Waals surface area contributed by atoms with Gasteiger partial charge in [-0.25, -0.2) is 4.98 Å². The van der Waals surface area contributed by atoms with Gasteiger partial charge in [-0.1, -0.05) is 6.07 Å². The topological polar surface area (TPSA) is 114 Å². The van der Waals surface area contributed by atoms with Gasteiger partial charge in [0.05, 0.1) is 41.6 Å². The SMILES string of the molecule is COc1ccc(C(N)c2nc(-c3cc(OC)c(OC)c(OC)c3)n[nH]2)cc1OC. The van der Waals surface area contributed by atoms with E-state index in [0.717, 1.165) is 5.56 Å². The first kappa shape index (κ1) is 20.3. The van der Waals surface area contributed by atoms with Crippen molar-refractivity contribution in [2.45, 2.75) is 6.04 Å². The van der Waals surface area contributed by atoms with Crippen molar-refractivity contribution < 1.29 is 23.7 Å². The van der Waals surface area contributed by atoms with Crippen molar-refractivity contribution in [2.24, 2.45) is 5.73 Å². The molecule has 0 saturated heterocycles. The van der Waals surface area contributed by atoms with E-state index < -0.39 is 6.04 Å². The van der Waals surface area contributed by atoms with Crippen molar-refractivity contribution in [2.75, 3.05) is 35.5 Å². The van der Waals surface area contributed by atoms with Gasteiger partial charge in [-0.3, -0.25) is 5.10 Å². The summed E-state index contributed by atoms with van der Waals surface area (Å²) in [6.45, 7) is 0. The van der Waals surface area contributed by atoms with E-state index in [1.807, 2.05) is 12.1 Å². The average Bonchev–Trinajstić information content (AvgIpc) is 3.27. The van der Waals surface area contributed by atoms with Gasteiger partial charge >= 0.3 is 0 Å². The molecule has 3 aromatic rings. The quantitative estimate of drug-likeness (QED) is 0.593. The minimum absolute atomic E-state index is 0.454. The molecule has 0 aliphatic heterocycles. The Morgan fingerprint density at radius 1 is 0.793 bits per heavy atom. The van der Waals surface area contributed by atoms with Crippen molar-refractivity contribution in [1.29, 1.82) is 0 Å². The van der Waals surface area contributed by atoms with Crippen LogP contribution in [0.5, 0.6) is 28.7 Å². The van der Waals surface area contributed by atoms with E-state index in [2.05, 4.69) is 15.2 Å². The Bertz CT molecular complexity index is 964. The summed E-state index contributed by atoms with van der Waals surface area (Å²) in [4.78, 5) is 4.55. The minimum Gasteiger partial charge on any atom is -0.493 e. The number of ether oxygens (including phenoxy) is 5. The lowest BCUT2D eigenvalue weighted by molar-refractivity contribution is 0.324. The van der Waals surface area contributed by atoms with Gasteiger partial charge in [-0.15, -0.1) is 0 Å². The molecule has 3 N–H and O–H groups in total. The Morgan fingerprint density at radius 3 is 1.97 bits per heavy atom. The maximum atomic E-state index is 6.38. The molecular formula is C20H24N4O5. The van der Waals surface area contributed by atoms with Gasteiger partial charge in [0.1, 0.15) is 5.82 Å². The predicted octanol–water partition coefficient (Wildman–Crippen LogP) is 2.56. The molecule has 1 heterocycles. The number of rotatable bonds is 8. The smallest absolute Gasteiger partial charge is 0.203 e. The summed E-state index contributed by atoms with van der Waals surface area (Å²) in [5.41, 5.74) is 7.88. The highest BCUT2D eigenvalue weighted by Crippen LogP contribution is 2.40. The van der Waals surface area contributed by atoms with Gasteiger partial charge in [0.2, 0.25) is 5.75 Å². The Morgan fingerprint density at radius 2 is 1.41 bits per heavy atom. The second kappa shape index (κ2) is 8.70. The van der Waals surface area contributed by atoms with Gasteiger partial charge in [0.15, 0.2) is 28.8 Å². The van der Waals surface area contributed by atoms with Crippen LogP contribution in [0.2, 0.25) is 0 Å². The Balaban J connectivity index is 1.95. The zero-order valence-electron chi connectivity index (χ0n) is 17.0. The van der Waals surface area contributed by atoms with Crippen molar-refractivity contribution >= 4 is 0 Å². The Kier molecular flexibility index (Phi) is 6.08. The first-order valence-electron chi connectivity index (χ1n) is 8.76. The highest BCUT2D eigenvalue weighted by atomic mass is 16.5. The molecule has 9 nitrogen and oxygen atoms in total. The largest absolute Gasteiger partial charge is 0.493 e. The first-order valence-corrected chi connectivity index (χ1v) is 8.76. The molecule has 154 valence electrons. The lowest BCUT2D eigenvalue weighted by Gasteiger charge is -2.13. The standard InChI is InChI=1S/C20H24N4O5/c1-25-13-7-6-11(8-14(13)26-2)17(21)20-22-19(23-24-20)12-9-15(27-3)18(29-5)16(10-12)28-4/h6-10,17H,21H2,1-5H3,(H,22,23,24). The highest BCUT2D eigenvalue weighted by Gasteiger charge is 2.20. The van der Waals surface area contributed by atoms with Crippen LogP contribution < -0.4 is 29.4 Å². The monoisotopic (exact) mass is 400 g/mol.